The molecule has 0 aromatic rings. The second kappa shape index (κ2) is 11.8. The largest absolute Gasteiger partial charge is 0.395 e. The third-order valence-corrected chi connectivity index (χ3v) is 5.05. The summed E-state index contributed by atoms with van der Waals surface area (Å²) in [6.07, 6.45) is 0.641. The number of morpholine rings is 2. The predicted molar refractivity (Wildman–Crippen MR) is 99.7 cm³/mol. The summed E-state index contributed by atoms with van der Waals surface area (Å²) >= 11 is 0. The number of carbonyl (C=O) groups is 2. The zero-order valence-electron chi connectivity index (χ0n) is 16.9. The van der Waals surface area contributed by atoms with Crippen LogP contribution < -0.4 is 10.6 Å². The smallest absolute Gasteiger partial charge is 0.379 e. The molecule has 2 saturated heterocycles. The van der Waals surface area contributed by atoms with Crippen LogP contribution in [-0.2, 0) is 19.1 Å². The van der Waals surface area contributed by atoms with Crippen LogP contribution >= 0.6 is 0 Å². The zero-order valence-corrected chi connectivity index (χ0v) is 16.9. The Morgan fingerprint density at radius 2 is 1.03 bits per heavy atom. The van der Waals surface area contributed by atoms with Crippen molar-refractivity contribution in [2.24, 2.45) is 0 Å². The van der Waals surface area contributed by atoms with E-state index in [0.717, 1.165) is 0 Å². The van der Waals surface area contributed by atoms with E-state index in [4.69, 9.17) is 9.47 Å². The van der Waals surface area contributed by atoms with Gasteiger partial charge in [0.2, 0.25) is 0 Å². The van der Waals surface area contributed by atoms with Crippen molar-refractivity contribution in [3.63, 3.8) is 0 Å². The van der Waals surface area contributed by atoms with E-state index in [-0.39, 0.29) is 13.1 Å². The SMILES string of the molecule is O=C(NCCCN1CCOCC1)C(F)(F)C(F)(F)C(=O)NCCCN1CCOCC1. The maximum Gasteiger partial charge on any atom is 0.395 e. The first kappa shape index (κ1) is 24.8. The Morgan fingerprint density at radius 3 is 1.37 bits per heavy atom. The molecule has 8 nitrogen and oxygen atoms in total. The highest BCUT2D eigenvalue weighted by Crippen LogP contribution is 2.34. The molecule has 2 fully saturated rings. The van der Waals surface area contributed by atoms with Gasteiger partial charge in [0.1, 0.15) is 0 Å². The maximum absolute atomic E-state index is 14.0. The summed E-state index contributed by atoms with van der Waals surface area (Å²) in [5, 5.41) is 3.62. The number of carbonyl (C=O) groups excluding carboxylic acids is 2. The van der Waals surface area contributed by atoms with Crippen LogP contribution in [0.3, 0.4) is 0 Å². The molecule has 0 radical (unpaired) electrons. The number of rotatable bonds is 11. The van der Waals surface area contributed by atoms with E-state index in [1.807, 2.05) is 20.4 Å². The normalized spacial score (nSPS) is 19.5. The average molecular weight is 442 g/mol. The van der Waals surface area contributed by atoms with Crippen LogP contribution in [0.25, 0.3) is 0 Å². The van der Waals surface area contributed by atoms with Crippen molar-refractivity contribution in [3.05, 3.63) is 0 Å². The molecule has 0 unspecified atom stereocenters. The van der Waals surface area contributed by atoms with Crippen molar-refractivity contribution < 1.29 is 36.6 Å². The lowest BCUT2D eigenvalue weighted by Gasteiger charge is -2.27. The van der Waals surface area contributed by atoms with Gasteiger partial charge in [0, 0.05) is 39.3 Å². The van der Waals surface area contributed by atoms with Crippen LogP contribution in [0, 0.1) is 0 Å². The van der Waals surface area contributed by atoms with E-state index < -0.39 is 23.7 Å². The number of hydrogen-bond donors (Lipinski definition) is 2. The molecule has 2 aliphatic rings. The Bertz CT molecular complexity index is 508. The number of halogens is 4. The van der Waals surface area contributed by atoms with Crippen LogP contribution in [-0.4, -0.2) is 112 Å². The van der Waals surface area contributed by atoms with Crippen LogP contribution in [0.5, 0.6) is 0 Å². The standard InChI is InChI=1S/C18H30F4N4O4/c19-17(20,15(27)23-3-1-5-25-7-11-29-12-8-25)18(21,22)16(28)24-4-2-6-26-9-13-30-14-10-26/h1-14H2,(H,23,27)(H,24,28). The van der Waals surface area contributed by atoms with Gasteiger partial charge >= 0.3 is 11.8 Å². The number of nitrogens with one attached hydrogen (secondary N) is 2. The van der Waals surface area contributed by atoms with Gasteiger partial charge in [0.05, 0.1) is 26.4 Å². The van der Waals surface area contributed by atoms with Crippen molar-refractivity contribution in [3.8, 4) is 0 Å². The first-order chi connectivity index (χ1) is 14.2. The molecule has 174 valence electrons. The van der Waals surface area contributed by atoms with Crippen molar-refractivity contribution in [1.29, 1.82) is 0 Å². The highest BCUT2D eigenvalue weighted by Gasteiger charge is 2.66. The molecular weight excluding hydrogens is 412 g/mol. The van der Waals surface area contributed by atoms with Crippen molar-refractivity contribution in [1.82, 2.24) is 20.4 Å². The minimum atomic E-state index is -5.14. The molecule has 30 heavy (non-hydrogen) atoms. The Kier molecular flexibility index (Phi) is 9.72. The first-order valence-electron chi connectivity index (χ1n) is 10.2. The Balaban J connectivity index is 1.69. The summed E-state index contributed by atoms with van der Waals surface area (Å²) < 4.78 is 66.2. The summed E-state index contributed by atoms with van der Waals surface area (Å²) in [6, 6.07) is 0. The van der Waals surface area contributed by atoms with Gasteiger partial charge in [-0.2, -0.15) is 17.6 Å². The van der Waals surface area contributed by atoms with Crippen LogP contribution in [0.2, 0.25) is 0 Å². The molecule has 0 bridgehead atoms. The average Bonchev–Trinajstić information content (AvgIpc) is 2.75. The summed E-state index contributed by atoms with van der Waals surface area (Å²) in [4.78, 5) is 27.3. The molecule has 0 aromatic heterocycles. The minimum Gasteiger partial charge on any atom is -0.379 e. The molecule has 0 atom stereocenters. The van der Waals surface area contributed by atoms with Gasteiger partial charge in [0.15, 0.2) is 0 Å². The molecule has 2 rings (SSSR count). The Morgan fingerprint density at radius 1 is 0.700 bits per heavy atom. The van der Waals surface area contributed by atoms with Crippen molar-refractivity contribution in [2.75, 3.05) is 78.8 Å². The third kappa shape index (κ3) is 7.03. The van der Waals surface area contributed by atoms with Gasteiger partial charge in [-0.3, -0.25) is 19.4 Å². The number of alkyl halides is 4. The lowest BCUT2D eigenvalue weighted by atomic mass is 10.1. The fraction of sp³-hybridized carbons (Fsp3) is 0.889. The quantitative estimate of drug-likeness (QED) is 0.345. The summed E-state index contributed by atoms with van der Waals surface area (Å²) in [7, 11) is 0. The summed E-state index contributed by atoms with van der Waals surface area (Å²) in [6.45, 7) is 5.69. The number of amides is 2. The predicted octanol–water partition coefficient (Wildman–Crippen LogP) is -0.0660. The molecular formula is C18H30F4N4O4. The molecule has 0 aliphatic carbocycles. The molecule has 2 heterocycles. The van der Waals surface area contributed by atoms with Crippen molar-refractivity contribution >= 4 is 11.8 Å². The van der Waals surface area contributed by atoms with E-state index in [1.165, 1.54) is 0 Å². The molecule has 0 aromatic carbocycles. The number of hydrogen-bond acceptors (Lipinski definition) is 6. The van der Waals surface area contributed by atoms with E-state index in [9.17, 15) is 27.2 Å². The molecule has 2 N–H and O–H groups in total. The Labute approximate surface area is 173 Å². The van der Waals surface area contributed by atoms with E-state index in [0.29, 0.717) is 78.5 Å². The topological polar surface area (TPSA) is 83.1 Å². The van der Waals surface area contributed by atoms with E-state index in [2.05, 4.69) is 0 Å². The second-order valence-corrected chi connectivity index (χ2v) is 7.28. The van der Waals surface area contributed by atoms with Crippen molar-refractivity contribution in [2.45, 2.75) is 24.7 Å². The second-order valence-electron chi connectivity index (χ2n) is 7.28. The highest BCUT2D eigenvalue weighted by atomic mass is 19.3. The van der Waals surface area contributed by atoms with Gasteiger partial charge in [0.25, 0.3) is 11.8 Å². The van der Waals surface area contributed by atoms with Gasteiger partial charge in [-0.1, -0.05) is 0 Å². The fourth-order valence-electron chi connectivity index (χ4n) is 3.17. The van der Waals surface area contributed by atoms with Gasteiger partial charge in [-0.05, 0) is 25.9 Å². The molecule has 2 amide bonds. The third-order valence-electron chi connectivity index (χ3n) is 5.05. The fourth-order valence-corrected chi connectivity index (χ4v) is 3.17. The first-order valence-corrected chi connectivity index (χ1v) is 10.2. The molecule has 0 spiro atoms. The lowest BCUT2D eigenvalue weighted by molar-refractivity contribution is -0.211. The van der Waals surface area contributed by atoms with Gasteiger partial charge in [-0.25, -0.2) is 0 Å². The molecule has 12 heteroatoms. The summed E-state index contributed by atoms with van der Waals surface area (Å²) in [5.41, 5.74) is 0. The lowest BCUT2D eigenvalue weighted by Crippen LogP contribution is -2.59. The van der Waals surface area contributed by atoms with Gasteiger partial charge < -0.3 is 20.1 Å². The number of nitrogens with zero attached hydrogens (tertiary/aromatic N) is 2. The zero-order chi connectivity index (χ0) is 22.0. The summed E-state index contributed by atoms with van der Waals surface area (Å²) in [5.74, 6) is -14.6. The van der Waals surface area contributed by atoms with Crippen LogP contribution in [0.15, 0.2) is 0 Å². The van der Waals surface area contributed by atoms with E-state index >= 15 is 0 Å². The highest BCUT2D eigenvalue weighted by molar-refractivity contribution is 5.95. The van der Waals surface area contributed by atoms with Crippen LogP contribution in [0.4, 0.5) is 17.6 Å². The molecule has 0 saturated carbocycles. The maximum atomic E-state index is 14.0. The Hall–Kier alpha value is -1.50. The van der Waals surface area contributed by atoms with Crippen LogP contribution in [0.1, 0.15) is 12.8 Å². The minimum absolute atomic E-state index is 0.191. The van der Waals surface area contributed by atoms with E-state index in [1.54, 1.807) is 0 Å². The van der Waals surface area contributed by atoms with Gasteiger partial charge in [-0.15, -0.1) is 0 Å². The monoisotopic (exact) mass is 442 g/mol. The molecule has 2 aliphatic heterocycles. The number of ether oxygens (including phenoxy) is 2.